The highest BCUT2D eigenvalue weighted by atomic mass is 32.1. The number of nitro groups is 1. The van der Waals surface area contributed by atoms with E-state index in [0.717, 1.165) is 10.4 Å². The van der Waals surface area contributed by atoms with Gasteiger partial charge in [0.15, 0.2) is 6.61 Å². The number of thiophene rings is 1. The van der Waals surface area contributed by atoms with Crippen LogP contribution in [0.3, 0.4) is 0 Å². The number of nitro benzene ring substituents is 1. The van der Waals surface area contributed by atoms with E-state index in [9.17, 15) is 24.5 Å². The zero-order valence-electron chi connectivity index (χ0n) is 17.6. The molecule has 3 aromatic rings. The molecule has 0 radical (unpaired) electrons. The van der Waals surface area contributed by atoms with Crippen molar-refractivity contribution in [3.05, 3.63) is 81.2 Å². The van der Waals surface area contributed by atoms with Crippen LogP contribution < -0.4 is 5.32 Å². The third-order valence-corrected chi connectivity index (χ3v) is 5.58. The maximum Gasteiger partial charge on any atom is 0.350 e. The Morgan fingerprint density at radius 2 is 1.73 bits per heavy atom. The number of anilines is 1. The van der Waals surface area contributed by atoms with Crippen molar-refractivity contribution < 1.29 is 28.8 Å². The molecule has 0 aliphatic rings. The lowest BCUT2D eigenvalue weighted by Crippen LogP contribution is -2.22. The molecule has 0 saturated carbocycles. The number of para-hydroxylation sites is 1. The summed E-state index contributed by atoms with van der Waals surface area (Å²) in [5.41, 5.74) is 1.09. The van der Waals surface area contributed by atoms with Crippen LogP contribution in [0.25, 0.3) is 10.4 Å². The fourth-order valence-electron chi connectivity index (χ4n) is 2.95. The summed E-state index contributed by atoms with van der Waals surface area (Å²) in [4.78, 5) is 48.3. The Hall–Kier alpha value is -4.05. The Kier molecular flexibility index (Phi) is 7.87. The number of hydrogen-bond donors (Lipinski definition) is 1. The quantitative estimate of drug-likeness (QED) is 0.283. The second-order valence-corrected chi connectivity index (χ2v) is 7.76. The number of rotatable bonds is 9. The number of nitrogens with zero attached hydrogens (tertiary/aromatic N) is 1. The van der Waals surface area contributed by atoms with E-state index in [1.54, 1.807) is 19.1 Å². The van der Waals surface area contributed by atoms with Gasteiger partial charge in [0.2, 0.25) is 0 Å². The molecule has 9 nitrogen and oxygen atoms in total. The van der Waals surface area contributed by atoms with E-state index in [2.05, 4.69) is 5.32 Å². The summed E-state index contributed by atoms with van der Waals surface area (Å²) >= 11 is 1.17. The molecule has 1 amide bonds. The monoisotopic (exact) mass is 468 g/mol. The van der Waals surface area contributed by atoms with Gasteiger partial charge >= 0.3 is 11.9 Å². The molecular formula is C23H20N2O7S. The van der Waals surface area contributed by atoms with Gasteiger partial charge in [0, 0.05) is 16.5 Å². The molecule has 1 aromatic heterocycles. The summed E-state index contributed by atoms with van der Waals surface area (Å²) in [5, 5.41) is 13.6. The fourth-order valence-corrected chi connectivity index (χ4v) is 3.97. The highest BCUT2D eigenvalue weighted by Gasteiger charge is 2.21. The fraction of sp³-hybridized carbons (Fsp3) is 0.174. The van der Waals surface area contributed by atoms with Crippen molar-refractivity contribution in [3.8, 4) is 10.4 Å². The van der Waals surface area contributed by atoms with Crippen LogP contribution in [0.1, 0.15) is 22.2 Å². The molecule has 170 valence electrons. The van der Waals surface area contributed by atoms with Gasteiger partial charge in [0.1, 0.15) is 4.88 Å². The van der Waals surface area contributed by atoms with Crippen molar-refractivity contribution in [1.29, 1.82) is 0 Å². The Bertz CT molecular complexity index is 1170. The average Bonchev–Trinajstić information content (AvgIpc) is 3.22. The zero-order valence-corrected chi connectivity index (χ0v) is 18.4. The van der Waals surface area contributed by atoms with Gasteiger partial charge in [-0.1, -0.05) is 48.5 Å². The van der Waals surface area contributed by atoms with Gasteiger partial charge in [-0.05, 0) is 18.6 Å². The lowest BCUT2D eigenvalue weighted by molar-refractivity contribution is -0.385. The Labute approximate surface area is 193 Å². The first-order valence-electron chi connectivity index (χ1n) is 9.93. The minimum absolute atomic E-state index is 0.175. The number of carbonyl (C=O) groups excluding carboxylic acids is 3. The molecule has 0 bridgehead atoms. The minimum atomic E-state index is -0.791. The highest BCUT2D eigenvalue weighted by Crippen LogP contribution is 2.35. The zero-order chi connectivity index (χ0) is 23.8. The molecule has 0 aliphatic heterocycles. The first-order valence-corrected chi connectivity index (χ1v) is 10.7. The molecule has 0 atom stereocenters. The molecule has 0 fully saturated rings. The van der Waals surface area contributed by atoms with Crippen molar-refractivity contribution in [2.75, 3.05) is 18.5 Å². The van der Waals surface area contributed by atoms with Crippen LogP contribution in [0.5, 0.6) is 0 Å². The van der Waals surface area contributed by atoms with Gasteiger partial charge in [0.25, 0.3) is 11.6 Å². The maximum absolute atomic E-state index is 12.4. The molecule has 0 aliphatic carbocycles. The van der Waals surface area contributed by atoms with E-state index in [-0.39, 0.29) is 34.8 Å². The van der Waals surface area contributed by atoms with Gasteiger partial charge in [0.05, 0.1) is 23.6 Å². The van der Waals surface area contributed by atoms with Crippen LogP contribution in [0.15, 0.2) is 60.7 Å². The summed E-state index contributed by atoms with van der Waals surface area (Å²) in [7, 11) is 0. The van der Waals surface area contributed by atoms with Gasteiger partial charge in [-0.25, -0.2) is 4.79 Å². The summed E-state index contributed by atoms with van der Waals surface area (Å²) in [5.74, 6) is -2.03. The molecule has 0 unspecified atom stereocenters. The number of ether oxygens (including phenoxy) is 2. The number of nitrogens with one attached hydrogen (secondary N) is 1. The van der Waals surface area contributed by atoms with E-state index in [4.69, 9.17) is 9.47 Å². The van der Waals surface area contributed by atoms with Crippen LogP contribution in [0.4, 0.5) is 11.4 Å². The second kappa shape index (κ2) is 11.0. The maximum atomic E-state index is 12.4. The van der Waals surface area contributed by atoms with Crippen molar-refractivity contribution in [1.82, 2.24) is 0 Å². The summed E-state index contributed by atoms with van der Waals surface area (Å²) < 4.78 is 10.0. The topological polar surface area (TPSA) is 125 Å². The van der Waals surface area contributed by atoms with E-state index >= 15 is 0 Å². The third-order valence-electron chi connectivity index (χ3n) is 4.41. The Morgan fingerprint density at radius 1 is 1.03 bits per heavy atom. The van der Waals surface area contributed by atoms with E-state index in [0.29, 0.717) is 0 Å². The molecule has 10 heteroatoms. The molecule has 2 aromatic carbocycles. The predicted octanol–water partition coefficient (Wildman–Crippen LogP) is 4.22. The second-order valence-electron chi connectivity index (χ2n) is 6.71. The van der Waals surface area contributed by atoms with Crippen molar-refractivity contribution in [2.45, 2.75) is 13.3 Å². The van der Waals surface area contributed by atoms with Crippen LogP contribution >= 0.6 is 11.3 Å². The smallest absolute Gasteiger partial charge is 0.350 e. The number of amides is 1. The van der Waals surface area contributed by atoms with E-state index in [1.165, 1.54) is 29.5 Å². The van der Waals surface area contributed by atoms with Gasteiger partial charge in [-0.15, -0.1) is 11.3 Å². The van der Waals surface area contributed by atoms with Gasteiger partial charge in [-0.2, -0.15) is 0 Å². The molecule has 0 spiro atoms. The van der Waals surface area contributed by atoms with Gasteiger partial charge < -0.3 is 14.8 Å². The van der Waals surface area contributed by atoms with Gasteiger partial charge in [-0.3, -0.25) is 19.7 Å². The Balaban J connectivity index is 1.67. The van der Waals surface area contributed by atoms with E-state index < -0.39 is 29.4 Å². The number of carbonyl (C=O) groups is 3. The van der Waals surface area contributed by atoms with Crippen LogP contribution in [-0.2, 0) is 25.5 Å². The molecule has 1 heterocycles. The standard InChI is InChI=1S/C23H20N2O7S/c1-2-31-23(28)22-17(13-19(33-22)15-8-4-3-5-9-15)24-20(26)14-32-21(27)12-16-10-6-7-11-18(16)25(29)30/h3-11,13H,2,12,14H2,1H3,(H,24,26). The van der Waals surface area contributed by atoms with Crippen molar-refractivity contribution in [2.24, 2.45) is 0 Å². The summed E-state index contributed by atoms with van der Waals surface area (Å²) in [6.45, 7) is 1.24. The number of benzene rings is 2. The van der Waals surface area contributed by atoms with Crippen LogP contribution in [0.2, 0.25) is 0 Å². The number of esters is 2. The molecule has 1 N–H and O–H groups in total. The predicted molar refractivity (Wildman–Crippen MR) is 122 cm³/mol. The molecular weight excluding hydrogens is 448 g/mol. The lowest BCUT2D eigenvalue weighted by atomic mass is 10.1. The SMILES string of the molecule is CCOC(=O)c1sc(-c2ccccc2)cc1NC(=O)COC(=O)Cc1ccccc1[N+](=O)[O-]. The summed E-state index contributed by atoms with van der Waals surface area (Å²) in [6, 6.07) is 16.8. The average molecular weight is 468 g/mol. The van der Waals surface area contributed by atoms with Crippen LogP contribution in [-0.4, -0.2) is 36.0 Å². The summed E-state index contributed by atoms with van der Waals surface area (Å²) in [6.07, 6.45) is -0.352. The van der Waals surface area contributed by atoms with Crippen molar-refractivity contribution in [3.63, 3.8) is 0 Å². The molecule has 0 saturated heterocycles. The minimum Gasteiger partial charge on any atom is -0.462 e. The Morgan fingerprint density at radius 3 is 2.42 bits per heavy atom. The van der Waals surface area contributed by atoms with Crippen molar-refractivity contribution >= 4 is 40.6 Å². The lowest BCUT2D eigenvalue weighted by Gasteiger charge is -2.07. The third kappa shape index (κ3) is 6.23. The highest BCUT2D eigenvalue weighted by molar-refractivity contribution is 7.18. The number of hydrogen-bond acceptors (Lipinski definition) is 8. The molecule has 33 heavy (non-hydrogen) atoms. The van der Waals surface area contributed by atoms with E-state index in [1.807, 2.05) is 30.3 Å². The van der Waals surface area contributed by atoms with Crippen LogP contribution in [0, 0.1) is 10.1 Å². The molecule has 3 rings (SSSR count). The first-order chi connectivity index (χ1) is 15.9. The largest absolute Gasteiger partial charge is 0.462 e. The first kappa shape index (κ1) is 23.6. The normalized spacial score (nSPS) is 10.3.